The van der Waals surface area contributed by atoms with Crippen LogP contribution >= 0.6 is 0 Å². The molecule has 1 aromatic carbocycles. The number of amides is 1. The summed E-state index contributed by atoms with van der Waals surface area (Å²) in [6, 6.07) is 7.39. The average molecular weight is 447 g/mol. The Hall–Kier alpha value is -3.79. The van der Waals surface area contributed by atoms with E-state index in [-0.39, 0.29) is 18.1 Å². The minimum Gasteiger partial charge on any atom is -0.470 e. The van der Waals surface area contributed by atoms with Crippen molar-refractivity contribution in [3.63, 3.8) is 0 Å². The monoisotopic (exact) mass is 447 g/mol. The summed E-state index contributed by atoms with van der Waals surface area (Å²) < 4.78 is 8.00. The first-order valence-corrected chi connectivity index (χ1v) is 11.0. The molecule has 0 spiro atoms. The zero-order chi connectivity index (χ0) is 22.9. The molecule has 1 N–H and O–H groups in total. The van der Waals surface area contributed by atoms with Crippen molar-refractivity contribution < 1.29 is 14.6 Å². The maximum Gasteiger partial charge on any atom is 0.258 e. The van der Waals surface area contributed by atoms with Gasteiger partial charge >= 0.3 is 0 Å². The number of aromatic nitrogens is 6. The number of imidazole rings is 1. The lowest BCUT2D eigenvalue weighted by Crippen LogP contribution is -2.49. The molecule has 1 amide bonds. The van der Waals surface area contributed by atoms with Gasteiger partial charge in [-0.05, 0) is 38.8 Å². The quantitative estimate of drug-likeness (QED) is 0.500. The highest BCUT2D eigenvalue weighted by Gasteiger charge is 2.32. The molecule has 10 heteroatoms. The first-order valence-electron chi connectivity index (χ1n) is 11.0. The van der Waals surface area contributed by atoms with Crippen LogP contribution in [0.5, 0.6) is 5.88 Å². The number of rotatable bonds is 5. The number of hydrogen-bond acceptors (Lipinski definition) is 7. The van der Waals surface area contributed by atoms with E-state index in [0.29, 0.717) is 35.0 Å². The summed E-state index contributed by atoms with van der Waals surface area (Å²) in [4.78, 5) is 25.6. The lowest BCUT2D eigenvalue weighted by molar-refractivity contribution is 0.0375. The van der Waals surface area contributed by atoms with Crippen LogP contribution in [0.25, 0.3) is 11.3 Å². The molecule has 0 bridgehead atoms. The molecule has 5 rings (SSSR count). The number of fused-ring (bicyclic) bond motifs is 1. The number of likely N-dealkylation sites (tertiary alicyclic amines) is 1. The summed E-state index contributed by atoms with van der Waals surface area (Å²) in [5.74, 6) is 0.296. The number of nitrogens with zero attached hydrogens (tertiary/aromatic N) is 7. The van der Waals surface area contributed by atoms with Gasteiger partial charge in [-0.25, -0.2) is 9.97 Å². The lowest BCUT2D eigenvalue weighted by Gasteiger charge is -2.38. The van der Waals surface area contributed by atoms with E-state index in [1.54, 1.807) is 48.4 Å². The van der Waals surface area contributed by atoms with Crippen LogP contribution in [-0.2, 0) is 0 Å². The van der Waals surface area contributed by atoms with Crippen molar-refractivity contribution in [1.29, 1.82) is 0 Å². The zero-order valence-electron chi connectivity index (χ0n) is 18.4. The van der Waals surface area contributed by atoms with Gasteiger partial charge in [0.25, 0.3) is 11.8 Å². The SMILES string of the molecule is CC(O)c1cnc2c(O[C@@H]3CC[C@@H](C)N(C(=O)c4ccccc4-n4nccn4)C3)nccn12. The number of aliphatic hydroxyl groups is 1. The van der Waals surface area contributed by atoms with Crippen LogP contribution in [0.4, 0.5) is 0 Å². The first kappa shape index (κ1) is 21.1. The van der Waals surface area contributed by atoms with Crippen LogP contribution in [0.2, 0.25) is 0 Å². The largest absolute Gasteiger partial charge is 0.470 e. The Balaban J connectivity index is 1.39. The van der Waals surface area contributed by atoms with Crippen molar-refractivity contribution in [2.24, 2.45) is 0 Å². The predicted octanol–water partition coefficient (Wildman–Crippen LogP) is 2.44. The molecular weight excluding hydrogens is 422 g/mol. The Morgan fingerprint density at radius 2 is 1.94 bits per heavy atom. The third-order valence-corrected chi connectivity index (χ3v) is 6.00. The van der Waals surface area contributed by atoms with Gasteiger partial charge in [-0.3, -0.25) is 9.20 Å². The van der Waals surface area contributed by atoms with Gasteiger partial charge in [-0.2, -0.15) is 15.0 Å². The number of carbonyl (C=O) groups is 1. The molecule has 4 aromatic rings. The Morgan fingerprint density at radius 1 is 1.15 bits per heavy atom. The van der Waals surface area contributed by atoms with E-state index < -0.39 is 6.10 Å². The van der Waals surface area contributed by atoms with E-state index in [4.69, 9.17) is 4.74 Å². The number of benzene rings is 1. The maximum atomic E-state index is 13.6. The van der Waals surface area contributed by atoms with Crippen LogP contribution in [0.3, 0.4) is 0 Å². The molecular formula is C23H25N7O3. The fraction of sp³-hybridized carbons (Fsp3) is 0.348. The number of ether oxygens (including phenoxy) is 1. The summed E-state index contributed by atoms with van der Waals surface area (Å²) in [5, 5.41) is 18.3. The van der Waals surface area contributed by atoms with Gasteiger partial charge in [0.15, 0.2) is 0 Å². The molecule has 1 aliphatic heterocycles. The van der Waals surface area contributed by atoms with E-state index in [1.807, 2.05) is 30.0 Å². The van der Waals surface area contributed by atoms with Crippen LogP contribution < -0.4 is 4.74 Å². The van der Waals surface area contributed by atoms with E-state index in [2.05, 4.69) is 20.2 Å². The Morgan fingerprint density at radius 3 is 2.73 bits per heavy atom. The van der Waals surface area contributed by atoms with E-state index >= 15 is 0 Å². The molecule has 0 aliphatic carbocycles. The minimum absolute atomic E-state index is 0.0630. The standard InChI is InChI=1S/C23H25N7O3/c1-15-7-8-17(33-22-21-25-13-20(16(2)31)28(21)12-11-24-22)14-29(15)23(32)18-5-3-4-6-19(18)30-26-9-10-27-30/h3-6,9-13,15-17,31H,7-8,14H2,1-2H3/t15-,16?,17-/m1/s1. The van der Waals surface area contributed by atoms with Crippen LogP contribution in [0, 0.1) is 0 Å². The fourth-order valence-corrected chi connectivity index (χ4v) is 4.24. The van der Waals surface area contributed by atoms with Crippen molar-refractivity contribution in [3.05, 3.63) is 66.5 Å². The van der Waals surface area contributed by atoms with Crippen molar-refractivity contribution in [1.82, 2.24) is 34.3 Å². The van der Waals surface area contributed by atoms with Gasteiger partial charge in [0, 0.05) is 18.4 Å². The first-order chi connectivity index (χ1) is 16.0. The molecule has 4 heterocycles. The third kappa shape index (κ3) is 3.93. The molecule has 1 saturated heterocycles. The summed E-state index contributed by atoms with van der Waals surface area (Å²) in [6.07, 6.45) is 8.85. The lowest BCUT2D eigenvalue weighted by atomic mass is 9.99. The van der Waals surface area contributed by atoms with Crippen molar-refractivity contribution in [2.45, 2.75) is 44.9 Å². The Labute approximate surface area is 190 Å². The fourth-order valence-electron chi connectivity index (χ4n) is 4.24. The molecule has 1 aliphatic rings. The number of hydrogen-bond donors (Lipinski definition) is 1. The summed E-state index contributed by atoms with van der Waals surface area (Å²) in [7, 11) is 0. The molecule has 3 atom stereocenters. The third-order valence-electron chi connectivity index (χ3n) is 6.00. The second-order valence-corrected chi connectivity index (χ2v) is 8.24. The Bertz CT molecular complexity index is 1270. The van der Waals surface area contributed by atoms with Crippen molar-refractivity contribution in [2.75, 3.05) is 6.54 Å². The molecule has 1 unspecified atom stereocenters. The minimum atomic E-state index is -0.664. The second kappa shape index (κ2) is 8.62. The zero-order valence-corrected chi connectivity index (χ0v) is 18.4. The topological polar surface area (TPSA) is 111 Å². The van der Waals surface area contributed by atoms with Gasteiger partial charge in [0.1, 0.15) is 6.10 Å². The highest BCUT2D eigenvalue weighted by molar-refractivity contribution is 5.98. The maximum absolute atomic E-state index is 13.6. The van der Waals surface area contributed by atoms with Crippen molar-refractivity contribution >= 4 is 11.6 Å². The van der Waals surface area contributed by atoms with E-state index in [9.17, 15) is 9.90 Å². The van der Waals surface area contributed by atoms with Crippen LogP contribution in [0.1, 0.15) is 48.8 Å². The predicted molar refractivity (Wildman–Crippen MR) is 119 cm³/mol. The van der Waals surface area contributed by atoms with Crippen molar-refractivity contribution in [3.8, 4) is 11.6 Å². The van der Waals surface area contributed by atoms with Gasteiger partial charge < -0.3 is 14.7 Å². The number of aliphatic hydroxyl groups excluding tert-OH is 1. The molecule has 1 fully saturated rings. The molecule has 0 saturated carbocycles. The summed E-state index contributed by atoms with van der Waals surface area (Å²) >= 11 is 0. The highest BCUT2D eigenvalue weighted by Crippen LogP contribution is 2.27. The molecule has 33 heavy (non-hydrogen) atoms. The summed E-state index contributed by atoms with van der Waals surface area (Å²) in [6.45, 7) is 4.16. The van der Waals surface area contributed by atoms with Crippen LogP contribution in [-0.4, -0.2) is 64.0 Å². The molecule has 0 radical (unpaired) electrons. The second-order valence-electron chi connectivity index (χ2n) is 8.24. The number of carbonyl (C=O) groups excluding carboxylic acids is 1. The molecule has 170 valence electrons. The van der Waals surface area contributed by atoms with Gasteiger partial charge in [-0.15, -0.1) is 0 Å². The smallest absolute Gasteiger partial charge is 0.258 e. The van der Waals surface area contributed by atoms with E-state index in [1.165, 1.54) is 4.80 Å². The number of piperidine rings is 1. The summed E-state index contributed by atoms with van der Waals surface area (Å²) in [5.41, 5.74) is 2.38. The average Bonchev–Trinajstić information content (AvgIpc) is 3.51. The normalized spacial score (nSPS) is 19.5. The van der Waals surface area contributed by atoms with Gasteiger partial charge in [-0.1, -0.05) is 12.1 Å². The van der Waals surface area contributed by atoms with E-state index in [0.717, 1.165) is 12.8 Å². The van der Waals surface area contributed by atoms with Gasteiger partial charge in [0.2, 0.25) is 5.65 Å². The molecule has 10 nitrogen and oxygen atoms in total. The Kier molecular flexibility index (Phi) is 5.51. The molecule has 3 aromatic heterocycles. The van der Waals surface area contributed by atoms with Crippen LogP contribution in [0.15, 0.2) is 55.2 Å². The van der Waals surface area contributed by atoms with Gasteiger partial charge in [0.05, 0.1) is 48.2 Å². The number of para-hydroxylation sites is 1. The highest BCUT2D eigenvalue weighted by atomic mass is 16.5.